The van der Waals surface area contributed by atoms with Gasteiger partial charge < -0.3 is 4.90 Å². The van der Waals surface area contributed by atoms with Crippen LogP contribution in [-0.4, -0.2) is 0 Å². The van der Waals surface area contributed by atoms with E-state index in [9.17, 15) is 0 Å². The third-order valence-corrected chi connectivity index (χ3v) is 13.0. The monoisotopic (exact) mass is 709 g/mol. The van der Waals surface area contributed by atoms with Crippen molar-refractivity contribution >= 4 is 102 Å². The maximum Gasteiger partial charge on any atom is 0.0718 e. The fourth-order valence-corrected chi connectivity index (χ4v) is 10.5. The Labute approximate surface area is 315 Å². The van der Waals surface area contributed by atoms with E-state index in [-0.39, 0.29) is 0 Å². The Kier molecular flexibility index (Phi) is 6.97. The van der Waals surface area contributed by atoms with Gasteiger partial charge in [0.1, 0.15) is 0 Å². The van der Waals surface area contributed by atoms with Crippen molar-refractivity contribution in [1.29, 1.82) is 0 Å². The van der Waals surface area contributed by atoms with E-state index in [0.717, 1.165) is 5.69 Å². The van der Waals surface area contributed by atoms with Crippen molar-refractivity contribution in [3.05, 3.63) is 188 Å². The largest absolute Gasteiger partial charge is 0.308 e. The van der Waals surface area contributed by atoms with Crippen molar-refractivity contribution in [3.8, 4) is 22.3 Å². The van der Waals surface area contributed by atoms with Gasteiger partial charge in [-0.15, -0.1) is 22.7 Å². The van der Waals surface area contributed by atoms with Crippen molar-refractivity contribution in [2.45, 2.75) is 0 Å². The van der Waals surface area contributed by atoms with Gasteiger partial charge in [0, 0.05) is 52.3 Å². The summed E-state index contributed by atoms with van der Waals surface area (Å²) in [5.74, 6) is 0. The minimum atomic E-state index is 1.12. The van der Waals surface area contributed by atoms with Crippen LogP contribution in [0.25, 0.3) is 84.1 Å². The van der Waals surface area contributed by atoms with Crippen molar-refractivity contribution in [2.75, 3.05) is 4.90 Å². The van der Waals surface area contributed by atoms with Gasteiger partial charge in [-0.2, -0.15) is 0 Å². The molecule has 248 valence electrons. The van der Waals surface area contributed by atoms with Crippen LogP contribution in [0.2, 0.25) is 0 Å². The van der Waals surface area contributed by atoms with Crippen LogP contribution in [0.3, 0.4) is 0 Å². The molecule has 0 aliphatic rings. The first-order chi connectivity index (χ1) is 26.3. The molecular weight excluding hydrogens is 679 g/mol. The number of thiophene rings is 2. The van der Waals surface area contributed by atoms with Gasteiger partial charge in [0.2, 0.25) is 0 Å². The Morgan fingerprint density at radius 3 is 1.72 bits per heavy atom. The average Bonchev–Trinajstić information content (AvgIpc) is 3.80. The smallest absolute Gasteiger partial charge is 0.0718 e. The normalized spacial score (nSPS) is 11.8. The van der Waals surface area contributed by atoms with E-state index in [2.05, 4.69) is 193 Å². The molecule has 1 nitrogen and oxygen atoms in total. The summed E-state index contributed by atoms with van der Waals surface area (Å²) in [6, 6.07) is 69.3. The number of fused-ring (bicyclic) bond motifs is 9. The molecule has 0 atom stereocenters. The molecular formula is C50H31NS2. The highest BCUT2D eigenvalue weighted by Crippen LogP contribution is 2.51. The second kappa shape index (κ2) is 12.2. The van der Waals surface area contributed by atoms with Crippen LogP contribution in [0, 0.1) is 0 Å². The third kappa shape index (κ3) is 4.89. The summed E-state index contributed by atoms with van der Waals surface area (Å²) in [6.07, 6.45) is 0. The zero-order valence-electron chi connectivity index (χ0n) is 28.7. The van der Waals surface area contributed by atoms with E-state index < -0.39 is 0 Å². The van der Waals surface area contributed by atoms with Gasteiger partial charge in [0.25, 0.3) is 0 Å². The summed E-state index contributed by atoms with van der Waals surface area (Å²) >= 11 is 3.76. The van der Waals surface area contributed by atoms with Crippen LogP contribution < -0.4 is 4.90 Å². The van der Waals surface area contributed by atoms with Crippen LogP contribution >= 0.6 is 22.7 Å². The molecule has 0 amide bonds. The lowest BCUT2D eigenvalue weighted by atomic mass is 9.96. The number of nitrogens with zero attached hydrogens (tertiary/aromatic N) is 1. The average molecular weight is 710 g/mol. The molecule has 0 spiro atoms. The minimum absolute atomic E-state index is 1.12. The molecule has 0 aliphatic heterocycles. The second-order valence-corrected chi connectivity index (χ2v) is 15.8. The van der Waals surface area contributed by atoms with E-state index in [4.69, 9.17) is 0 Å². The summed E-state index contributed by atoms with van der Waals surface area (Å²) in [5.41, 5.74) is 8.34. The minimum Gasteiger partial charge on any atom is -0.308 e. The number of rotatable bonds is 5. The first-order valence-electron chi connectivity index (χ1n) is 18.0. The fraction of sp³-hybridized carbons (Fsp3) is 0. The number of anilines is 3. The van der Waals surface area contributed by atoms with E-state index in [1.54, 1.807) is 0 Å². The lowest BCUT2D eigenvalue weighted by Gasteiger charge is -2.30. The van der Waals surface area contributed by atoms with Gasteiger partial charge in [0.15, 0.2) is 0 Å². The topological polar surface area (TPSA) is 3.24 Å². The molecule has 0 fully saturated rings. The molecule has 0 bridgehead atoms. The summed E-state index contributed by atoms with van der Waals surface area (Å²) in [7, 11) is 0. The lowest BCUT2D eigenvalue weighted by molar-refractivity contribution is 1.32. The quantitative estimate of drug-likeness (QED) is 0.161. The number of hydrogen-bond donors (Lipinski definition) is 0. The van der Waals surface area contributed by atoms with E-state index in [1.807, 2.05) is 22.7 Å². The highest BCUT2D eigenvalue weighted by atomic mass is 32.1. The Bertz CT molecular complexity index is 3170. The fourth-order valence-electron chi connectivity index (χ4n) is 8.16. The summed E-state index contributed by atoms with van der Waals surface area (Å²) < 4.78 is 5.23. The molecule has 9 aromatic carbocycles. The first kappa shape index (κ1) is 30.4. The molecule has 0 saturated carbocycles. The highest BCUT2D eigenvalue weighted by molar-refractivity contribution is 7.26. The molecule has 53 heavy (non-hydrogen) atoms. The number of benzene rings is 9. The van der Waals surface area contributed by atoms with Gasteiger partial charge in [-0.3, -0.25) is 0 Å². The Balaban J connectivity index is 1.19. The second-order valence-electron chi connectivity index (χ2n) is 13.7. The van der Waals surface area contributed by atoms with Crippen molar-refractivity contribution in [1.82, 2.24) is 0 Å². The SMILES string of the molecule is c1ccc(-c2ccc3c(sc4ccccc43)c2N(c2ccc(-c3ccc4c(c3)sc3ccccc34)cc2)c2cc3ccccc3c3ccccc23)cc1. The van der Waals surface area contributed by atoms with Crippen LogP contribution in [0.15, 0.2) is 188 Å². The maximum absolute atomic E-state index is 2.54. The Hall–Kier alpha value is -6.26. The molecule has 0 saturated heterocycles. The molecule has 0 N–H and O–H groups in total. The maximum atomic E-state index is 2.54. The molecule has 2 heterocycles. The lowest BCUT2D eigenvalue weighted by Crippen LogP contribution is -2.12. The highest BCUT2D eigenvalue weighted by Gasteiger charge is 2.25. The standard InChI is InChI=1S/C50H31NS2/c1-2-12-33(13-3-1)38-28-29-44-42-19-9-11-21-47(42)53-50(44)49(38)51(45-30-35-14-4-5-15-37(35)39-16-6-7-17-40(39)45)36-25-22-32(23-26-36)34-24-27-43-41-18-8-10-20-46(41)52-48(43)31-34/h1-31H. The molecule has 0 aliphatic carbocycles. The predicted octanol–water partition coefficient (Wildman–Crippen LogP) is 15.5. The molecule has 3 heteroatoms. The zero-order valence-corrected chi connectivity index (χ0v) is 30.3. The van der Waals surface area contributed by atoms with Crippen LogP contribution in [-0.2, 0) is 0 Å². The van der Waals surface area contributed by atoms with Crippen molar-refractivity contribution in [3.63, 3.8) is 0 Å². The van der Waals surface area contributed by atoms with Gasteiger partial charge >= 0.3 is 0 Å². The first-order valence-corrected chi connectivity index (χ1v) is 19.6. The van der Waals surface area contributed by atoms with E-state index in [0.29, 0.717) is 0 Å². The predicted molar refractivity (Wildman–Crippen MR) is 233 cm³/mol. The van der Waals surface area contributed by atoms with Crippen molar-refractivity contribution in [2.24, 2.45) is 0 Å². The van der Waals surface area contributed by atoms with Crippen LogP contribution in [0.4, 0.5) is 17.1 Å². The Morgan fingerprint density at radius 1 is 0.340 bits per heavy atom. The number of hydrogen-bond acceptors (Lipinski definition) is 3. The van der Waals surface area contributed by atoms with E-state index in [1.165, 1.54) is 95.5 Å². The van der Waals surface area contributed by atoms with Gasteiger partial charge in [0.05, 0.1) is 16.1 Å². The molecule has 11 aromatic rings. The zero-order chi connectivity index (χ0) is 34.9. The summed E-state index contributed by atoms with van der Waals surface area (Å²) in [6.45, 7) is 0. The molecule has 0 unspecified atom stereocenters. The van der Waals surface area contributed by atoms with Crippen molar-refractivity contribution < 1.29 is 0 Å². The van der Waals surface area contributed by atoms with Gasteiger partial charge in [-0.25, -0.2) is 0 Å². The molecule has 2 aromatic heterocycles. The Morgan fingerprint density at radius 2 is 0.925 bits per heavy atom. The summed E-state index contributed by atoms with van der Waals surface area (Å²) in [5, 5.41) is 10.2. The third-order valence-electron chi connectivity index (χ3n) is 10.7. The van der Waals surface area contributed by atoms with Crippen LogP contribution in [0.5, 0.6) is 0 Å². The van der Waals surface area contributed by atoms with Gasteiger partial charge in [-0.1, -0.05) is 152 Å². The van der Waals surface area contributed by atoms with E-state index >= 15 is 0 Å². The molecule has 0 radical (unpaired) electrons. The molecule has 11 rings (SSSR count). The van der Waals surface area contributed by atoms with Gasteiger partial charge in [-0.05, 0) is 69.2 Å². The summed E-state index contributed by atoms with van der Waals surface area (Å²) in [4.78, 5) is 2.54. The van der Waals surface area contributed by atoms with Crippen LogP contribution in [0.1, 0.15) is 0 Å².